The van der Waals surface area contributed by atoms with Gasteiger partial charge in [-0.1, -0.05) is 55.5 Å². The van der Waals surface area contributed by atoms with E-state index in [0.717, 1.165) is 5.56 Å². The number of hydrogen-bond donors (Lipinski definition) is 3. The molecule has 0 bridgehead atoms. The van der Waals surface area contributed by atoms with Gasteiger partial charge in [0.2, 0.25) is 5.91 Å². The smallest absolute Gasteiger partial charge is 0.408 e. The monoisotopic (exact) mass is 469 g/mol. The van der Waals surface area contributed by atoms with Crippen LogP contribution in [0.25, 0.3) is 0 Å². The van der Waals surface area contributed by atoms with Gasteiger partial charge in [-0.25, -0.2) is 4.79 Å². The summed E-state index contributed by atoms with van der Waals surface area (Å²) in [4.78, 5) is 40.7. The molecule has 2 rings (SSSR count). The minimum Gasteiger partial charge on any atom is -0.444 e. The lowest BCUT2D eigenvalue weighted by Gasteiger charge is -2.34. The topological polar surface area (TPSA) is 108 Å². The van der Waals surface area contributed by atoms with Crippen molar-refractivity contribution in [1.29, 1.82) is 0 Å². The first kappa shape index (κ1) is 26.9. The zero-order valence-electron chi connectivity index (χ0n) is 20.5. The normalized spacial score (nSPS) is 12.9. The molecule has 8 heteroatoms. The van der Waals surface area contributed by atoms with Crippen LogP contribution in [0, 0.1) is 6.92 Å². The fourth-order valence-electron chi connectivity index (χ4n) is 3.47. The van der Waals surface area contributed by atoms with E-state index in [9.17, 15) is 19.5 Å². The molecule has 2 atom stereocenters. The van der Waals surface area contributed by atoms with E-state index >= 15 is 0 Å². The third-order valence-corrected chi connectivity index (χ3v) is 5.00. The van der Waals surface area contributed by atoms with Gasteiger partial charge in [0.25, 0.3) is 5.91 Å². The second-order valence-electron chi connectivity index (χ2n) is 9.03. The number of anilines is 1. The number of aliphatic hydroxyl groups is 1. The van der Waals surface area contributed by atoms with Crippen LogP contribution in [0.3, 0.4) is 0 Å². The van der Waals surface area contributed by atoms with E-state index in [2.05, 4.69) is 10.6 Å². The van der Waals surface area contributed by atoms with Gasteiger partial charge < -0.3 is 25.4 Å². The molecule has 0 spiro atoms. The van der Waals surface area contributed by atoms with Crippen LogP contribution in [0.2, 0.25) is 0 Å². The number of alkyl carbamates (subject to hydrolysis) is 1. The molecule has 8 nitrogen and oxygen atoms in total. The largest absolute Gasteiger partial charge is 0.444 e. The van der Waals surface area contributed by atoms with Crippen molar-refractivity contribution in [3.63, 3.8) is 0 Å². The van der Waals surface area contributed by atoms with Crippen molar-refractivity contribution in [3.05, 3.63) is 65.7 Å². The Kier molecular flexibility index (Phi) is 9.62. The van der Waals surface area contributed by atoms with Crippen LogP contribution in [-0.4, -0.2) is 52.7 Å². The number of rotatable bonds is 9. The van der Waals surface area contributed by atoms with Crippen LogP contribution in [0.1, 0.15) is 51.3 Å². The van der Waals surface area contributed by atoms with E-state index < -0.39 is 42.2 Å². The van der Waals surface area contributed by atoms with E-state index in [0.29, 0.717) is 17.7 Å². The van der Waals surface area contributed by atoms with Crippen LogP contribution in [0.5, 0.6) is 0 Å². The van der Waals surface area contributed by atoms with E-state index in [1.165, 1.54) is 4.90 Å². The van der Waals surface area contributed by atoms with E-state index in [1.807, 2.05) is 38.1 Å². The van der Waals surface area contributed by atoms with Crippen LogP contribution in [0.15, 0.2) is 54.6 Å². The van der Waals surface area contributed by atoms with Crippen LogP contribution in [0.4, 0.5) is 10.5 Å². The Labute approximate surface area is 201 Å². The van der Waals surface area contributed by atoms with E-state index in [-0.39, 0.29) is 6.54 Å². The van der Waals surface area contributed by atoms with Gasteiger partial charge in [-0.15, -0.1) is 0 Å². The zero-order chi connectivity index (χ0) is 25.3. The Morgan fingerprint density at radius 1 is 1.03 bits per heavy atom. The van der Waals surface area contributed by atoms with Crippen molar-refractivity contribution in [2.24, 2.45) is 0 Å². The molecule has 0 fully saturated rings. The molecular weight excluding hydrogens is 434 g/mol. The summed E-state index contributed by atoms with van der Waals surface area (Å²) in [5, 5.41) is 15.3. The molecular formula is C26H35N3O5. The number of nitrogens with one attached hydrogen (secondary N) is 2. The summed E-state index contributed by atoms with van der Waals surface area (Å²) in [7, 11) is 0. The molecule has 3 N–H and O–H groups in total. The summed E-state index contributed by atoms with van der Waals surface area (Å²) in [5.74, 6) is -0.972. The number of aliphatic hydroxyl groups excluding tert-OH is 1. The number of aryl methyl sites for hydroxylation is 1. The van der Waals surface area contributed by atoms with Gasteiger partial charge in [0, 0.05) is 12.2 Å². The Morgan fingerprint density at radius 2 is 1.65 bits per heavy atom. The molecule has 0 saturated carbocycles. The molecule has 34 heavy (non-hydrogen) atoms. The zero-order valence-corrected chi connectivity index (χ0v) is 20.5. The maximum atomic E-state index is 13.5. The summed E-state index contributed by atoms with van der Waals surface area (Å²) in [5.41, 5.74) is 1.37. The highest BCUT2D eigenvalue weighted by atomic mass is 16.6. The molecule has 3 amide bonds. The Bertz CT molecular complexity index is 972. The SMILES string of the molecule is CCCN(C(=O)C(CO)NC(=O)OC(C)(C)C)C(C(=O)Nc1ccccc1C)c1ccccc1. The van der Waals surface area contributed by atoms with Gasteiger partial charge in [0.05, 0.1) is 6.61 Å². The van der Waals surface area contributed by atoms with Crippen molar-refractivity contribution in [3.8, 4) is 0 Å². The average Bonchev–Trinajstić information content (AvgIpc) is 2.78. The van der Waals surface area contributed by atoms with Crippen molar-refractivity contribution >= 4 is 23.6 Å². The Balaban J connectivity index is 2.39. The number of carbonyl (C=O) groups is 3. The molecule has 2 aromatic carbocycles. The second-order valence-corrected chi connectivity index (χ2v) is 9.03. The van der Waals surface area contributed by atoms with Gasteiger partial charge in [0.1, 0.15) is 17.7 Å². The first-order valence-electron chi connectivity index (χ1n) is 11.4. The van der Waals surface area contributed by atoms with Crippen LogP contribution < -0.4 is 10.6 Å². The van der Waals surface area contributed by atoms with Crippen molar-refractivity contribution in [2.45, 2.75) is 58.7 Å². The van der Waals surface area contributed by atoms with Crippen molar-refractivity contribution < 1.29 is 24.2 Å². The average molecular weight is 470 g/mol. The standard InChI is InChI=1S/C26H35N3O5/c1-6-16-29(24(32)21(17-30)28-25(33)34-26(3,4)5)22(19-13-8-7-9-14-19)23(31)27-20-15-11-10-12-18(20)2/h7-15,21-22,30H,6,16-17H2,1-5H3,(H,27,31)(H,28,33). The molecule has 184 valence electrons. The lowest BCUT2D eigenvalue weighted by Crippen LogP contribution is -2.54. The first-order valence-corrected chi connectivity index (χ1v) is 11.4. The predicted octanol–water partition coefficient (Wildman–Crippen LogP) is 3.80. The highest BCUT2D eigenvalue weighted by Crippen LogP contribution is 2.25. The molecule has 2 aromatic rings. The van der Waals surface area contributed by atoms with Gasteiger partial charge >= 0.3 is 6.09 Å². The third kappa shape index (κ3) is 7.59. The van der Waals surface area contributed by atoms with Gasteiger partial charge in [-0.3, -0.25) is 9.59 Å². The van der Waals surface area contributed by atoms with E-state index in [4.69, 9.17) is 4.74 Å². The fourth-order valence-corrected chi connectivity index (χ4v) is 3.47. The number of ether oxygens (including phenoxy) is 1. The number of carbonyl (C=O) groups excluding carboxylic acids is 3. The number of benzene rings is 2. The lowest BCUT2D eigenvalue weighted by atomic mass is 10.0. The quantitative estimate of drug-likeness (QED) is 0.518. The minimum atomic E-state index is -1.26. The molecule has 0 aromatic heterocycles. The van der Waals surface area contributed by atoms with Crippen molar-refractivity contribution in [2.75, 3.05) is 18.5 Å². The molecule has 0 aliphatic heterocycles. The van der Waals surface area contributed by atoms with E-state index in [1.54, 1.807) is 51.1 Å². The molecule has 2 unspecified atom stereocenters. The van der Waals surface area contributed by atoms with Crippen molar-refractivity contribution in [1.82, 2.24) is 10.2 Å². The number of amides is 3. The Hall–Kier alpha value is -3.39. The molecule has 0 saturated heterocycles. The minimum absolute atomic E-state index is 0.242. The second kappa shape index (κ2) is 12.2. The highest BCUT2D eigenvalue weighted by molar-refractivity contribution is 5.99. The van der Waals surface area contributed by atoms with Crippen LogP contribution >= 0.6 is 0 Å². The molecule has 0 radical (unpaired) electrons. The van der Waals surface area contributed by atoms with Gasteiger partial charge in [-0.05, 0) is 51.3 Å². The Morgan fingerprint density at radius 3 is 2.21 bits per heavy atom. The number of para-hydroxylation sites is 1. The lowest BCUT2D eigenvalue weighted by molar-refractivity contribution is -0.141. The molecule has 0 heterocycles. The number of nitrogens with zero attached hydrogens (tertiary/aromatic N) is 1. The molecule has 0 aliphatic rings. The highest BCUT2D eigenvalue weighted by Gasteiger charge is 2.35. The molecule has 0 aliphatic carbocycles. The summed E-state index contributed by atoms with van der Waals surface area (Å²) >= 11 is 0. The number of hydrogen-bond acceptors (Lipinski definition) is 5. The van der Waals surface area contributed by atoms with Gasteiger partial charge in [0.15, 0.2) is 0 Å². The maximum absolute atomic E-state index is 13.5. The summed E-state index contributed by atoms with van der Waals surface area (Å²) in [6.45, 7) is 8.48. The van der Waals surface area contributed by atoms with Crippen LogP contribution in [-0.2, 0) is 14.3 Å². The summed E-state index contributed by atoms with van der Waals surface area (Å²) < 4.78 is 5.23. The predicted molar refractivity (Wildman–Crippen MR) is 131 cm³/mol. The first-order chi connectivity index (χ1) is 16.1. The third-order valence-electron chi connectivity index (χ3n) is 5.00. The maximum Gasteiger partial charge on any atom is 0.408 e. The summed E-state index contributed by atoms with van der Waals surface area (Å²) in [6, 6.07) is 14.1. The van der Waals surface area contributed by atoms with Gasteiger partial charge in [-0.2, -0.15) is 0 Å². The fraction of sp³-hybridized carbons (Fsp3) is 0.423. The summed E-state index contributed by atoms with van der Waals surface area (Å²) in [6.07, 6.45) is -0.255.